The number of ether oxygens (including phenoxy) is 1. The molecule has 1 aliphatic carbocycles. The molecule has 0 N–H and O–H groups in total. The van der Waals surface area contributed by atoms with Crippen LogP contribution < -0.4 is 4.90 Å². The standard InChI is InChI=1S/C33H44N2OS/c1-6-10-22(11-7-2)23-14-16-25(17-15-23)31-34-28-20-27-29(21-30(28)37-31)35-19-18-24-12-8-9-13-26(24)33(35,5)36-32(27,3)4/h8-9,12-13,20-23,25H,6-7,10-11,14-19H2,1-5H3/t23-,25-,33?. The van der Waals surface area contributed by atoms with Gasteiger partial charge in [-0.1, -0.05) is 63.8 Å². The van der Waals surface area contributed by atoms with Gasteiger partial charge >= 0.3 is 0 Å². The van der Waals surface area contributed by atoms with Crippen LogP contribution in [0.2, 0.25) is 0 Å². The molecule has 0 spiro atoms. The van der Waals surface area contributed by atoms with Crippen LogP contribution in [0.3, 0.4) is 0 Å². The molecular formula is C33H44N2OS. The quantitative estimate of drug-likeness (QED) is 0.326. The van der Waals surface area contributed by atoms with Crippen LogP contribution in [-0.4, -0.2) is 11.5 Å². The fourth-order valence-corrected chi connectivity index (χ4v) is 9.00. The Labute approximate surface area is 227 Å². The lowest BCUT2D eigenvalue weighted by Crippen LogP contribution is -2.57. The van der Waals surface area contributed by atoms with Crippen LogP contribution in [0.25, 0.3) is 10.2 Å². The zero-order valence-electron chi connectivity index (χ0n) is 23.5. The predicted molar refractivity (Wildman–Crippen MR) is 157 cm³/mol. The topological polar surface area (TPSA) is 25.4 Å². The largest absolute Gasteiger partial charge is 0.341 e. The SMILES string of the molecule is CCCC(CCC)[C@H]1CC[C@H](c2nc3cc4c(cc3s2)N2CCc3ccccc3C2(C)OC4(C)C)CC1. The maximum atomic E-state index is 6.97. The predicted octanol–water partition coefficient (Wildman–Crippen LogP) is 9.29. The van der Waals surface area contributed by atoms with Gasteiger partial charge in [-0.05, 0) is 82.4 Å². The van der Waals surface area contributed by atoms with Gasteiger partial charge < -0.3 is 9.64 Å². The molecule has 0 bridgehead atoms. The zero-order valence-corrected chi connectivity index (χ0v) is 24.3. The van der Waals surface area contributed by atoms with Crippen LogP contribution in [0.4, 0.5) is 5.69 Å². The van der Waals surface area contributed by atoms with E-state index in [1.54, 1.807) is 0 Å². The van der Waals surface area contributed by atoms with Crippen molar-refractivity contribution in [1.29, 1.82) is 0 Å². The van der Waals surface area contributed by atoms with Crippen molar-refractivity contribution in [3.63, 3.8) is 0 Å². The van der Waals surface area contributed by atoms with Crippen molar-refractivity contribution in [3.05, 3.63) is 58.1 Å². The van der Waals surface area contributed by atoms with Crippen LogP contribution in [0.5, 0.6) is 0 Å². The third-order valence-corrected chi connectivity index (χ3v) is 10.8. The van der Waals surface area contributed by atoms with Gasteiger partial charge in [0.1, 0.15) is 0 Å². The summed E-state index contributed by atoms with van der Waals surface area (Å²) in [5.41, 5.74) is 5.67. The number of fused-ring (bicyclic) bond motifs is 6. The van der Waals surface area contributed by atoms with E-state index in [0.717, 1.165) is 30.3 Å². The first-order chi connectivity index (χ1) is 17.8. The minimum atomic E-state index is -0.446. The summed E-state index contributed by atoms with van der Waals surface area (Å²) in [5.74, 6) is 2.49. The lowest BCUT2D eigenvalue weighted by molar-refractivity contribution is -0.155. The van der Waals surface area contributed by atoms with Crippen molar-refractivity contribution in [2.45, 2.75) is 110 Å². The Morgan fingerprint density at radius 3 is 2.46 bits per heavy atom. The van der Waals surface area contributed by atoms with Gasteiger partial charge in [-0.25, -0.2) is 4.98 Å². The highest BCUT2D eigenvalue weighted by molar-refractivity contribution is 7.18. The Hall–Kier alpha value is -1.91. The summed E-state index contributed by atoms with van der Waals surface area (Å²) in [5, 5.41) is 1.36. The van der Waals surface area contributed by atoms with Gasteiger partial charge in [0.05, 0.1) is 20.8 Å². The van der Waals surface area contributed by atoms with Crippen molar-refractivity contribution in [2.24, 2.45) is 11.8 Å². The van der Waals surface area contributed by atoms with E-state index in [0.29, 0.717) is 5.92 Å². The van der Waals surface area contributed by atoms with Crippen molar-refractivity contribution < 1.29 is 4.74 Å². The Balaban J connectivity index is 1.30. The average molecular weight is 517 g/mol. The second kappa shape index (κ2) is 9.68. The van der Waals surface area contributed by atoms with E-state index in [1.165, 1.54) is 83.5 Å². The highest BCUT2D eigenvalue weighted by atomic mass is 32.1. The molecule has 2 aliphatic heterocycles. The molecule has 3 heterocycles. The lowest BCUT2D eigenvalue weighted by atomic mass is 9.73. The second-order valence-electron chi connectivity index (χ2n) is 12.5. The minimum absolute atomic E-state index is 0.380. The number of hydrogen-bond acceptors (Lipinski definition) is 4. The van der Waals surface area contributed by atoms with Gasteiger partial charge in [-0.2, -0.15) is 0 Å². The van der Waals surface area contributed by atoms with Crippen LogP contribution in [-0.2, 0) is 22.5 Å². The number of thiazole rings is 1. The van der Waals surface area contributed by atoms with E-state index >= 15 is 0 Å². The van der Waals surface area contributed by atoms with Gasteiger partial charge in [0, 0.05) is 29.3 Å². The normalized spacial score (nSPS) is 26.7. The smallest absolute Gasteiger partial charge is 0.165 e. The maximum absolute atomic E-state index is 6.97. The summed E-state index contributed by atoms with van der Waals surface area (Å²) >= 11 is 1.95. The van der Waals surface area contributed by atoms with Gasteiger partial charge in [-0.15, -0.1) is 11.3 Å². The molecule has 3 nitrogen and oxygen atoms in total. The minimum Gasteiger partial charge on any atom is -0.341 e. The molecule has 0 saturated heterocycles. The third kappa shape index (κ3) is 4.33. The zero-order chi connectivity index (χ0) is 25.8. The molecule has 1 fully saturated rings. The van der Waals surface area contributed by atoms with Crippen molar-refractivity contribution in [1.82, 2.24) is 4.98 Å². The number of benzene rings is 2. The molecule has 4 heteroatoms. The summed E-state index contributed by atoms with van der Waals surface area (Å²) in [6.07, 6.45) is 11.9. The van der Waals surface area contributed by atoms with Crippen LogP contribution in [0.1, 0.15) is 114 Å². The molecule has 2 aromatic carbocycles. The monoisotopic (exact) mass is 516 g/mol. The van der Waals surface area contributed by atoms with Crippen molar-refractivity contribution in [3.8, 4) is 0 Å². The van der Waals surface area contributed by atoms with Crippen LogP contribution >= 0.6 is 11.3 Å². The van der Waals surface area contributed by atoms with Gasteiger partial charge in [0.25, 0.3) is 0 Å². The number of anilines is 1. The fraction of sp³-hybridized carbons (Fsp3) is 0.606. The van der Waals surface area contributed by atoms with Crippen LogP contribution in [0, 0.1) is 11.8 Å². The molecule has 1 unspecified atom stereocenters. The molecule has 3 aromatic rings. The molecular weight excluding hydrogens is 472 g/mol. The number of rotatable bonds is 6. The van der Waals surface area contributed by atoms with E-state index < -0.39 is 5.72 Å². The average Bonchev–Trinajstić information content (AvgIpc) is 3.31. The van der Waals surface area contributed by atoms with E-state index in [4.69, 9.17) is 9.72 Å². The van der Waals surface area contributed by atoms with Crippen molar-refractivity contribution >= 4 is 27.2 Å². The molecule has 6 rings (SSSR count). The number of hydrogen-bond donors (Lipinski definition) is 0. The molecule has 37 heavy (non-hydrogen) atoms. The molecule has 0 amide bonds. The molecule has 0 radical (unpaired) electrons. The first kappa shape index (κ1) is 25.4. The summed E-state index contributed by atoms with van der Waals surface area (Å²) in [4.78, 5) is 7.77. The number of nitrogens with zero attached hydrogens (tertiary/aromatic N) is 2. The van der Waals surface area contributed by atoms with E-state index in [-0.39, 0.29) is 5.60 Å². The number of aromatic nitrogens is 1. The van der Waals surface area contributed by atoms with E-state index in [1.807, 2.05) is 11.3 Å². The molecule has 198 valence electrons. The van der Waals surface area contributed by atoms with E-state index in [9.17, 15) is 0 Å². The third-order valence-electron chi connectivity index (χ3n) is 9.66. The summed E-state index contributed by atoms with van der Waals surface area (Å²) < 4.78 is 8.30. The van der Waals surface area contributed by atoms with Gasteiger partial charge in [0.15, 0.2) is 5.72 Å². The summed E-state index contributed by atoms with van der Waals surface area (Å²) in [6, 6.07) is 13.6. The maximum Gasteiger partial charge on any atom is 0.165 e. The second-order valence-corrected chi connectivity index (χ2v) is 13.6. The molecule has 3 aliphatic rings. The van der Waals surface area contributed by atoms with Gasteiger partial charge in [0.2, 0.25) is 0 Å². The van der Waals surface area contributed by atoms with E-state index in [2.05, 4.69) is 75.9 Å². The Morgan fingerprint density at radius 2 is 1.73 bits per heavy atom. The molecule has 1 saturated carbocycles. The summed E-state index contributed by atoms with van der Waals surface area (Å²) in [6.45, 7) is 12.4. The van der Waals surface area contributed by atoms with Gasteiger partial charge in [-0.3, -0.25) is 0 Å². The Morgan fingerprint density at radius 1 is 1.00 bits per heavy atom. The Kier molecular flexibility index (Phi) is 6.64. The highest BCUT2D eigenvalue weighted by Gasteiger charge is 2.49. The summed E-state index contributed by atoms with van der Waals surface area (Å²) in [7, 11) is 0. The first-order valence-electron chi connectivity index (χ1n) is 14.8. The molecule has 1 aromatic heterocycles. The first-order valence-corrected chi connectivity index (χ1v) is 15.7. The highest BCUT2D eigenvalue weighted by Crippen LogP contribution is 2.53. The lowest BCUT2D eigenvalue weighted by Gasteiger charge is -2.55. The Bertz CT molecular complexity index is 1260. The van der Waals surface area contributed by atoms with Crippen molar-refractivity contribution in [2.75, 3.05) is 11.4 Å². The fourth-order valence-electron chi connectivity index (χ4n) is 7.85. The molecule has 1 atom stereocenters. The van der Waals surface area contributed by atoms with Crippen LogP contribution in [0.15, 0.2) is 36.4 Å².